The van der Waals surface area contributed by atoms with E-state index in [0.717, 1.165) is 38.5 Å². The van der Waals surface area contributed by atoms with Crippen LogP contribution >= 0.6 is 0 Å². The largest absolute Gasteiger partial charge is 0.481 e. The van der Waals surface area contributed by atoms with Crippen LogP contribution < -0.4 is 5.73 Å². The fraction of sp³-hybridized carbons (Fsp3) is 0.767. The Balaban J connectivity index is 1.68. The Hall–Kier alpha value is -1.93. The summed E-state index contributed by atoms with van der Waals surface area (Å²) in [4.78, 5) is 25.6. The second-order valence-corrected chi connectivity index (χ2v) is 14.4. The molecular formula is C30H42N2O3. The number of carboxylic acids is 1. The fourth-order valence-electron chi connectivity index (χ4n) is 9.77. The van der Waals surface area contributed by atoms with E-state index in [0.29, 0.717) is 12.8 Å². The lowest BCUT2D eigenvalue weighted by molar-refractivity contribution is -0.181. The first-order valence-corrected chi connectivity index (χ1v) is 13.5. The number of carbonyl (C=O) groups excluding carboxylic acids is 1. The summed E-state index contributed by atoms with van der Waals surface area (Å²) >= 11 is 0. The molecule has 0 aliphatic heterocycles. The Labute approximate surface area is 210 Å². The van der Waals surface area contributed by atoms with Gasteiger partial charge in [0.2, 0.25) is 0 Å². The molecule has 0 spiro atoms. The number of nitrogens with zero attached hydrogens (tertiary/aromatic N) is 1. The lowest BCUT2D eigenvalue weighted by Crippen LogP contribution is -2.69. The number of nitriles is 1. The van der Waals surface area contributed by atoms with Crippen molar-refractivity contribution in [3.05, 3.63) is 23.3 Å². The van der Waals surface area contributed by atoms with Gasteiger partial charge in [0.15, 0.2) is 5.78 Å². The van der Waals surface area contributed by atoms with E-state index >= 15 is 0 Å². The van der Waals surface area contributed by atoms with Gasteiger partial charge in [-0.15, -0.1) is 0 Å². The summed E-state index contributed by atoms with van der Waals surface area (Å²) in [5.74, 6) is -0.423. The van der Waals surface area contributed by atoms with Crippen molar-refractivity contribution in [3.8, 4) is 6.07 Å². The summed E-state index contributed by atoms with van der Waals surface area (Å²) in [5.41, 5.74) is 7.02. The molecular weight excluding hydrogens is 436 g/mol. The number of hydrogen-bond donors (Lipinski definition) is 2. The number of Topliss-reactive ketones (excluding diaryl/α,β-unsaturated/α-hetero) is 1. The van der Waals surface area contributed by atoms with E-state index in [2.05, 4.69) is 53.7 Å². The van der Waals surface area contributed by atoms with E-state index in [4.69, 9.17) is 5.73 Å². The van der Waals surface area contributed by atoms with Gasteiger partial charge < -0.3 is 10.8 Å². The van der Waals surface area contributed by atoms with Crippen molar-refractivity contribution >= 4 is 11.8 Å². The summed E-state index contributed by atoms with van der Waals surface area (Å²) in [6, 6.07) is 2.00. The second kappa shape index (κ2) is 7.09. The first-order valence-electron chi connectivity index (χ1n) is 13.5. The summed E-state index contributed by atoms with van der Waals surface area (Å²) in [5, 5.41) is 20.2. The molecule has 5 aliphatic rings. The van der Waals surface area contributed by atoms with Crippen LogP contribution in [-0.4, -0.2) is 22.9 Å². The lowest BCUT2D eigenvalue weighted by atomic mass is 9.32. The van der Waals surface area contributed by atoms with Crippen molar-refractivity contribution in [2.75, 3.05) is 0 Å². The van der Waals surface area contributed by atoms with Crippen LogP contribution in [0.25, 0.3) is 0 Å². The predicted octanol–water partition coefficient (Wildman–Crippen LogP) is 5.80. The van der Waals surface area contributed by atoms with Crippen molar-refractivity contribution in [1.29, 1.82) is 5.26 Å². The van der Waals surface area contributed by atoms with E-state index in [9.17, 15) is 20.0 Å². The molecule has 0 amide bonds. The van der Waals surface area contributed by atoms with Gasteiger partial charge in [0.1, 0.15) is 6.07 Å². The molecule has 5 nitrogen and oxygen atoms in total. The van der Waals surface area contributed by atoms with Crippen LogP contribution in [0.1, 0.15) is 92.9 Å². The molecule has 5 aliphatic carbocycles. The van der Waals surface area contributed by atoms with E-state index in [1.165, 1.54) is 5.57 Å². The molecule has 5 heteroatoms. The van der Waals surface area contributed by atoms with E-state index in [1.54, 1.807) is 0 Å². The maximum atomic E-state index is 12.8. The molecule has 0 bridgehead atoms. The quantitative estimate of drug-likeness (QED) is 0.463. The minimum atomic E-state index is -0.662. The molecule has 0 aromatic carbocycles. The number of rotatable bonds is 1. The summed E-state index contributed by atoms with van der Waals surface area (Å²) in [6.45, 7) is 13.7. The molecule has 3 fully saturated rings. The number of nitrogens with two attached hydrogens (primary N) is 1. The average Bonchev–Trinajstić information content (AvgIpc) is 2.76. The Bertz CT molecular complexity index is 1110. The first-order chi connectivity index (χ1) is 16.1. The Kier molecular flexibility index (Phi) is 5.02. The minimum Gasteiger partial charge on any atom is -0.481 e. The van der Waals surface area contributed by atoms with Crippen molar-refractivity contribution in [1.82, 2.24) is 0 Å². The topological polar surface area (TPSA) is 104 Å². The number of carbonyl (C=O) groups is 2. The molecule has 5 rings (SSSR count). The standard InChI is InChI=1S/C30H42N2O3/c1-25(2)9-11-30(24(34)35)12-10-26(3)19(20(30)14-25)7-8-22-27(4)13-18(17-31)21(33)15-29(27,6)23(32)16-28(22,26)5/h7,13,20,22-23H,8-12,14-16,32H2,1-6H3,(H,34,35)/t20?,22-,23+,26-,27-,28-,29+,30+/m1/s1. The van der Waals surface area contributed by atoms with Gasteiger partial charge in [-0.05, 0) is 83.9 Å². The lowest BCUT2D eigenvalue weighted by Gasteiger charge is -2.71. The highest BCUT2D eigenvalue weighted by atomic mass is 16.4. The second-order valence-electron chi connectivity index (χ2n) is 14.4. The first kappa shape index (κ1) is 24.8. The normalized spacial score (nSPS) is 50.3. The molecule has 0 aromatic heterocycles. The number of allylic oxidation sites excluding steroid dienone is 4. The van der Waals surface area contributed by atoms with Crippen LogP contribution in [0.15, 0.2) is 23.3 Å². The highest BCUT2D eigenvalue weighted by Gasteiger charge is 2.71. The van der Waals surface area contributed by atoms with Gasteiger partial charge in [-0.25, -0.2) is 0 Å². The number of carboxylic acid groups (broad SMARTS) is 1. The smallest absolute Gasteiger partial charge is 0.310 e. The zero-order valence-corrected chi connectivity index (χ0v) is 22.3. The third-order valence-corrected chi connectivity index (χ3v) is 12.6. The predicted molar refractivity (Wildman–Crippen MR) is 135 cm³/mol. The number of ketones is 1. The SMILES string of the molecule is CC1(C)CC[C@]2(C(=O)O)CC[C@]3(C)C(=CC[C@@H]4[C@@]5(C)C=C(C#N)C(=O)C[C@@]5(C)[C@@H](N)C[C@]43C)C2C1. The van der Waals surface area contributed by atoms with Crippen LogP contribution in [0, 0.1) is 55.7 Å². The van der Waals surface area contributed by atoms with Gasteiger partial charge in [0.25, 0.3) is 0 Å². The molecule has 190 valence electrons. The maximum absolute atomic E-state index is 12.8. The van der Waals surface area contributed by atoms with Gasteiger partial charge in [-0.2, -0.15) is 5.26 Å². The Morgan fingerprint density at radius 2 is 1.71 bits per heavy atom. The highest BCUT2D eigenvalue weighted by Crippen LogP contribution is 2.75. The van der Waals surface area contributed by atoms with Gasteiger partial charge in [-0.1, -0.05) is 59.3 Å². The van der Waals surface area contributed by atoms with Crippen molar-refractivity contribution in [2.45, 2.75) is 99.0 Å². The molecule has 0 saturated heterocycles. The molecule has 3 N–H and O–H groups in total. The van der Waals surface area contributed by atoms with E-state index in [-0.39, 0.29) is 50.9 Å². The van der Waals surface area contributed by atoms with Gasteiger partial charge in [0.05, 0.1) is 11.0 Å². The van der Waals surface area contributed by atoms with Crippen LogP contribution in [0.4, 0.5) is 0 Å². The zero-order chi connectivity index (χ0) is 25.8. The molecule has 0 heterocycles. The molecule has 0 radical (unpaired) electrons. The molecule has 1 unspecified atom stereocenters. The number of aliphatic carboxylic acids is 1. The molecule has 8 atom stereocenters. The van der Waals surface area contributed by atoms with E-state index < -0.39 is 16.8 Å². The van der Waals surface area contributed by atoms with Crippen LogP contribution in [0.2, 0.25) is 0 Å². The average molecular weight is 479 g/mol. The number of fused-ring (bicyclic) bond motifs is 7. The van der Waals surface area contributed by atoms with Crippen LogP contribution in [0.5, 0.6) is 0 Å². The third-order valence-electron chi connectivity index (χ3n) is 12.6. The molecule has 3 saturated carbocycles. The monoisotopic (exact) mass is 478 g/mol. The summed E-state index contributed by atoms with van der Waals surface area (Å²) < 4.78 is 0. The van der Waals surface area contributed by atoms with Gasteiger partial charge in [-0.3, -0.25) is 9.59 Å². The third kappa shape index (κ3) is 2.84. The zero-order valence-electron chi connectivity index (χ0n) is 22.3. The minimum absolute atomic E-state index is 0.0516. The summed E-state index contributed by atoms with van der Waals surface area (Å²) in [7, 11) is 0. The van der Waals surface area contributed by atoms with Crippen LogP contribution in [-0.2, 0) is 9.59 Å². The molecule has 35 heavy (non-hydrogen) atoms. The van der Waals surface area contributed by atoms with Gasteiger partial charge >= 0.3 is 5.97 Å². The van der Waals surface area contributed by atoms with E-state index in [1.807, 2.05) is 6.08 Å². The van der Waals surface area contributed by atoms with Crippen molar-refractivity contribution < 1.29 is 14.7 Å². The van der Waals surface area contributed by atoms with Gasteiger partial charge in [0, 0.05) is 12.5 Å². The maximum Gasteiger partial charge on any atom is 0.310 e. The Morgan fingerprint density at radius 3 is 2.34 bits per heavy atom. The van der Waals surface area contributed by atoms with Crippen LogP contribution in [0.3, 0.4) is 0 Å². The van der Waals surface area contributed by atoms with Crippen molar-refractivity contribution in [3.63, 3.8) is 0 Å². The Morgan fingerprint density at radius 1 is 1.06 bits per heavy atom. The highest BCUT2D eigenvalue weighted by molar-refractivity contribution is 6.00. The number of hydrogen-bond acceptors (Lipinski definition) is 4. The molecule has 0 aromatic rings. The van der Waals surface area contributed by atoms with Crippen molar-refractivity contribution in [2.24, 2.45) is 50.1 Å². The summed E-state index contributed by atoms with van der Waals surface area (Å²) in [6.07, 6.45) is 10.5. The fourth-order valence-corrected chi connectivity index (χ4v) is 9.77.